The summed E-state index contributed by atoms with van der Waals surface area (Å²) in [5.41, 5.74) is 8.71. The molecule has 0 aliphatic rings. The predicted molar refractivity (Wildman–Crippen MR) is 86.8 cm³/mol. The Morgan fingerprint density at radius 2 is 2.05 bits per heavy atom. The molecule has 0 fully saturated rings. The van der Waals surface area contributed by atoms with Crippen LogP contribution in [0.5, 0.6) is 0 Å². The van der Waals surface area contributed by atoms with E-state index in [9.17, 15) is 0 Å². The van der Waals surface area contributed by atoms with E-state index in [1.165, 1.54) is 0 Å². The zero-order valence-corrected chi connectivity index (χ0v) is 12.5. The number of hydrogen-bond donors (Lipinski definition) is 2. The van der Waals surface area contributed by atoms with Gasteiger partial charge in [0.1, 0.15) is 0 Å². The summed E-state index contributed by atoms with van der Waals surface area (Å²) < 4.78 is 1.92. The van der Waals surface area contributed by atoms with Crippen LogP contribution in [-0.4, -0.2) is 14.8 Å². The minimum atomic E-state index is 0.236. The molecule has 0 amide bonds. The third-order valence-electron chi connectivity index (χ3n) is 3.55. The normalized spacial score (nSPS) is 11.2. The standard InChI is InChI=1S/C16H19N5/c1-10(2)21-16(15(17)11(3)20-21)19-14-6-4-5-12-9-18-8-7-13(12)14/h4-10,19H,17H2,1-3H3. The Morgan fingerprint density at radius 3 is 2.81 bits per heavy atom. The summed E-state index contributed by atoms with van der Waals surface area (Å²) in [7, 11) is 0. The van der Waals surface area contributed by atoms with Crippen LogP contribution in [-0.2, 0) is 0 Å². The molecule has 0 atom stereocenters. The van der Waals surface area contributed by atoms with Gasteiger partial charge in [-0.25, -0.2) is 4.68 Å². The van der Waals surface area contributed by atoms with Crippen LogP contribution in [0.15, 0.2) is 36.7 Å². The van der Waals surface area contributed by atoms with Gasteiger partial charge in [-0.3, -0.25) is 4.98 Å². The maximum absolute atomic E-state index is 6.17. The van der Waals surface area contributed by atoms with Crippen LogP contribution in [0.25, 0.3) is 10.8 Å². The molecule has 0 saturated carbocycles. The molecule has 2 aromatic heterocycles. The highest BCUT2D eigenvalue weighted by molar-refractivity contribution is 5.95. The molecular formula is C16H19N5. The molecule has 0 saturated heterocycles. The van der Waals surface area contributed by atoms with Gasteiger partial charge in [0, 0.05) is 34.9 Å². The van der Waals surface area contributed by atoms with Gasteiger partial charge in [0.05, 0.1) is 11.4 Å². The van der Waals surface area contributed by atoms with Crippen LogP contribution < -0.4 is 11.1 Å². The fraction of sp³-hybridized carbons (Fsp3) is 0.250. The lowest BCUT2D eigenvalue weighted by Gasteiger charge is -2.14. The van der Waals surface area contributed by atoms with Crippen LogP contribution in [0.3, 0.4) is 0 Å². The summed E-state index contributed by atoms with van der Waals surface area (Å²) in [6.07, 6.45) is 3.65. The second-order valence-corrected chi connectivity index (χ2v) is 5.41. The van der Waals surface area contributed by atoms with E-state index in [4.69, 9.17) is 5.73 Å². The molecule has 3 N–H and O–H groups in total. The second-order valence-electron chi connectivity index (χ2n) is 5.41. The fourth-order valence-corrected chi connectivity index (χ4v) is 2.42. The molecule has 0 bridgehead atoms. The maximum atomic E-state index is 6.17. The van der Waals surface area contributed by atoms with Crippen molar-refractivity contribution in [3.05, 3.63) is 42.4 Å². The average molecular weight is 281 g/mol. The lowest BCUT2D eigenvalue weighted by atomic mass is 10.1. The maximum Gasteiger partial charge on any atom is 0.152 e. The van der Waals surface area contributed by atoms with E-state index < -0.39 is 0 Å². The number of aryl methyl sites for hydroxylation is 1. The number of nitrogens with zero attached hydrogens (tertiary/aromatic N) is 3. The molecular weight excluding hydrogens is 262 g/mol. The predicted octanol–water partition coefficient (Wildman–Crippen LogP) is 3.65. The first-order chi connectivity index (χ1) is 10.1. The topological polar surface area (TPSA) is 68.8 Å². The summed E-state index contributed by atoms with van der Waals surface area (Å²) >= 11 is 0. The first-order valence-corrected chi connectivity index (χ1v) is 7.02. The molecule has 3 rings (SSSR count). The van der Waals surface area contributed by atoms with Crippen molar-refractivity contribution in [2.75, 3.05) is 11.1 Å². The minimum Gasteiger partial charge on any atom is -0.394 e. The number of benzene rings is 1. The minimum absolute atomic E-state index is 0.236. The molecule has 3 aromatic rings. The Morgan fingerprint density at radius 1 is 1.24 bits per heavy atom. The Labute approximate surface area is 123 Å². The van der Waals surface area contributed by atoms with Gasteiger partial charge in [0.25, 0.3) is 0 Å². The van der Waals surface area contributed by atoms with Gasteiger partial charge in [-0.2, -0.15) is 5.10 Å². The zero-order chi connectivity index (χ0) is 15.0. The van der Waals surface area contributed by atoms with E-state index in [2.05, 4.69) is 29.2 Å². The van der Waals surface area contributed by atoms with E-state index >= 15 is 0 Å². The lowest BCUT2D eigenvalue weighted by Crippen LogP contribution is -2.08. The third kappa shape index (κ3) is 2.31. The van der Waals surface area contributed by atoms with E-state index in [0.717, 1.165) is 28.0 Å². The number of aromatic nitrogens is 3. The summed E-state index contributed by atoms with van der Waals surface area (Å²) in [6.45, 7) is 6.10. The van der Waals surface area contributed by atoms with Gasteiger partial charge in [0.2, 0.25) is 0 Å². The first kappa shape index (κ1) is 13.4. The van der Waals surface area contributed by atoms with E-state index in [1.54, 1.807) is 6.20 Å². The average Bonchev–Trinajstić information content (AvgIpc) is 2.76. The van der Waals surface area contributed by atoms with E-state index in [-0.39, 0.29) is 6.04 Å². The molecule has 0 aliphatic heterocycles. The number of nitrogens with one attached hydrogen (secondary N) is 1. The van der Waals surface area contributed by atoms with Crippen LogP contribution in [0.4, 0.5) is 17.2 Å². The van der Waals surface area contributed by atoms with Gasteiger partial charge in [0.15, 0.2) is 5.82 Å². The SMILES string of the molecule is Cc1nn(C(C)C)c(Nc2cccc3cnccc23)c1N. The van der Waals surface area contributed by atoms with Crippen molar-refractivity contribution < 1.29 is 0 Å². The summed E-state index contributed by atoms with van der Waals surface area (Å²) in [6, 6.07) is 8.32. The number of fused-ring (bicyclic) bond motifs is 1. The number of nitrogen functional groups attached to an aromatic ring is 1. The Balaban J connectivity index is 2.11. The Kier molecular flexibility index (Phi) is 3.25. The van der Waals surface area contributed by atoms with Crippen LogP contribution in [0, 0.1) is 6.92 Å². The number of pyridine rings is 1. The highest BCUT2D eigenvalue weighted by atomic mass is 15.4. The molecule has 0 radical (unpaired) electrons. The van der Waals surface area contributed by atoms with Crippen molar-refractivity contribution >= 4 is 28.0 Å². The van der Waals surface area contributed by atoms with E-state index in [0.29, 0.717) is 5.69 Å². The molecule has 0 aliphatic carbocycles. The Bertz CT molecular complexity index is 783. The highest BCUT2D eigenvalue weighted by Gasteiger charge is 2.15. The van der Waals surface area contributed by atoms with Crippen LogP contribution in [0.2, 0.25) is 0 Å². The van der Waals surface area contributed by atoms with Crippen molar-refractivity contribution in [3.8, 4) is 0 Å². The van der Waals surface area contributed by atoms with Gasteiger partial charge < -0.3 is 11.1 Å². The number of rotatable bonds is 3. The van der Waals surface area contributed by atoms with Crippen molar-refractivity contribution in [1.29, 1.82) is 0 Å². The fourth-order valence-electron chi connectivity index (χ4n) is 2.42. The molecule has 21 heavy (non-hydrogen) atoms. The number of hydrogen-bond acceptors (Lipinski definition) is 4. The molecule has 1 aromatic carbocycles. The largest absolute Gasteiger partial charge is 0.394 e. The van der Waals surface area contributed by atoms with E-state index in [1.807, 2.05) is 42.1 Å². The molecule has 0 spiro atoms. The monoisotopic (exact) mass is 281 g/mol. The van der Waals surface area contributed by atoms with Crippen molar-refractivity contribution in [2.45, 2.75) is 26.8 Å². The molecule has 5 nitrogen and oxygen atoms in total. The van der Waals surface area contributed by atoms with Crippen molar-refractivity contribution in [3.63, 3.8) is 0 Å². The number of anilines is 3. The zero-order valence-electron chi connectivity index (χ0n) is 12.5. The van der Waals surface area contributed by atoms with Gasteiger partial charge in [-0.05, 0) is 32.9 Å². The van der Waals surface area contributed by atoms with Gasteiger partial charge in [-0.1, -0.05) is 12.1 Å². The Hall–Kier alpha value is -2.56. The smallest absolute Gasteiger partial charge is 0.152 e. The van der Waals surface area contributed by atoms with Gasteiger partial charge >= 0.3 is 0 Å². The van der Waals surface area contributed by atoms with Crippen molar-refractivity contribution in [2.24, 2.45) is 0 Å². The molecule has 2 heterocycles. The van der Waals surface area contributed by atoms with Crippen molar-refractivity contribution in [1.82, 2.24) is 14.8 Å². The summed E-state index contributed by atoms with van der Waals surface area (Å²) in [4.78, 5) is 4.16. The highest BCUT2D eigenvalue weighted by Crippen LogP contribution is 2.31. The van der Waals surface area contributed by atoms with Crippen LogP contribution >= 0.6 is 0 Å². The number of nitrogens with two attached hydrogens (primary N) is 1. The first-order valence-electron chi connectivity index (χ1n) is 7.02. The van der Waals surface area contributed by atoms with Gasteiger partial charge in [-0.15, -0.1) is 0 Å². The third-order valence-corrected chi connectivity index (χ3v) is 3.55. The van der Waals surface area contributed by atoms with Crippen LogP contribution in [0.1, 0.15) is 25.6 Å². The summed E-state index contributed by atoms with van der Waals surface area (Å²) in [5.74, 6) is 0.840. The molecule has 5 heteroatoms. The molecule has 0 unspecified atom stereocenters. The second kappa shape index (κ2) is 5.09. The summed E-state index contributed by atoms with van der Waals surface area (Å²) in [5, 5.41) is 10.1. The lowest BCUT2D eigenvalue weighted by molar-refractivity contribution is 0.536. The molecule has 108 valence electrons. The quantitative estimate of drug-likeness (QED) is 0.769.